The Morgan fingerprint density at radius 1 is 1.00 bits per heavy atom. The zero-order chi connectivity index (χ0) is 21.9. The Morgan fingerprint density at radius 3 is 2.27 bits per heavy atom. The molecule has 0 saturated carbocycles. The second kappa shape index (κ2) is 9.04. The molecule has 0 unspecified atom stereocenters. The van der Waals surface area contributed by atoms with Crippen molar-refractivity contribution >= 4 is 50.5 Å². The van der Waals surface area contributed by atoms with Gasteiger partial charge in [-0.1, -0.05) is 41.4 Å². The smallest absolute Gasteiger partial charge is 0.255 e. The van der Waals surface area contributed by atoms with E-state index >= 15 is 0 Å². The lowest BCUT2D eigenvalue weighted by atomic mass is 10.1. The Hall–Kier alpha value is -2.61. The van der Waals surface area contributed by atoms with E-state index in [1.807, 2.05) is 0 Å². The van der Waals surface area contributed by atoms with Crippen molar-refractivity contribution in [3.05, 3.63) is 93.7 Å². The number of amides is 1. The zero-order valence-corrected chi connectivity index (χ0v) is 18.1. The van der Waals surface area contributed by atoms with E-state index in [2.05, 4.69) is 5.32 Å². The van der Waals surface area contributed by atoms with Gasteiger partial charge in [-0.2, -0.15) is 0 Å². The molecule has 3 rings (SSSR count). The summed E-state index contributed by atoms with van der Waals surface area (Å²) in [5.74, 6) is -0.899. The molecule has 5 nitrogen and oxygen atoms in total. The van der Waals surface area contributed by atoms with Crippen molar-refractivity contribution in [3.63, 3.8) is 0 Å². The van der Waals surface area contributed by atoms with E-state index in [-0.39, 0.29) is 12.1 Å². The van der Waals surface area contributed by atoms with Crippen LogP contribution in [0.5, 0.6) is 0 Å². The molecule has 3 aromatic rings. The van der Waals surface area contributed by atoms with E-state index in [0.717, 1.165) is 10.6 Å². The number of anilines is 2. The predicted octanol–water partition coefficient (Wildman–Crippen LogP) is 5.35. The first-order chi connectivity index (χ1) is 14.1. The van der Waals surface area contributed by atoms with Crippen molar-refractivity contribution in [3.8, 4) is 0 Å². The Morgan fingerprint density at radius 2 is 1.67 bits per heavy atom. The zero-order valence-electron chi connectivity index (χ0n) is 15.8. The van der Waals surface area contributed by atoms with Crippen LogP contribution in [0.15, 0.2) is 66.7 Å². The predicted molar refractivity (Wildman–Crippen MR) is 118 cm³/mol. The van der Waals surface area contributed by atoms with Crippen molar-refractivity contribution in [2.75, 3.05) is 15.9 Å². The molecule has 1 amide bonds. The van der Waals surface area contributed by atoms with Gasteiger partial charge in [0.2, 0.25) is 10.0 Å². The fourth-order valence-electron chi connectivity index (χ4n) is 2.74. The minimum Gasteiger partial charge on any atom is -0.322 e. The van der Waals surface area contributed by atoms with Crippen LogP contribution in [-0.2, 0) is 16.6 Å². The van der Waals surface area contributed by atoms with Gasteiger partial charge in [-0.3, -0.25) is 9.10 Å². The molecule has 9 heteroatoms. The normalized spacial score (nSPS) is 11.2. The van der Waals surface area contributed by atoms with Gasteiger partial charge in [0, 0.05) is 16.8 Å². The average molecular weight is 467 g/mol. The molecule has 0 aliphatic rings. The summed E-state index contributed by atoms with van der Waals surface area (Å²) < 4.78 is 39.6. The topological polar surface area (TPSA) is 66.5 Å². The molecule has 3 aromatic carbocycles. The van der Waals surface area contributed by atoms with Crippen LogP contribution >= 0.6 is 23.2 Å². The van der Waals surface area contributed by atoms with E-state index in [4.69, 9.17) is 23.2 Å². The molecule has 0 aromatic heterocycles. The molecular weight excluding hydrogens is 450 g/mol. The minimum absolute atomic E-state index is 0.166. The van der Waals surface area contributed by atoms with Crippen LogP contribution in [0, 0.1) is 5.82 Å². The highest BCUT2D eigenvalue weighted by atomic mass is 35.5. The first-order valence-corrected chi connectivity index (χ1v) is 11.3. The van der Waals surface area contributed by atoms with Crippen molar-refractivity contribution in [2.45, 2.75) is 6.54 Å². The summed E-state index contributed by atoms with van der Waals surface area (Å²) in [6.07, 6.45) is 1.04. The fraction of sp³-hybridized carbons (Fsp3) is 0.0952. The molecular formula is C21H17Cl2FN2O3S. The highest BCUT2D eigenvalue weighted by molar-refractivity contribution is 7.92. The Bertz CT molecular complexity index is 1190. The van der Waals surface area contributed by atoms with E-state index < -0.39 is 21.7 Å². The van der Waals surface area contributed by atoms with Gasteiger partial charge in [0.15, 0.2) is 0 Å². The number of halogens is 3. The van der Waals surface area contributed by atoms with Gasteiger partial charge in [-0.05, 0) is 48.5 Å². The van der Waals surface area contributed by atoms with Gasteiger partial charge in [-0.15, -0.1) is 0 Å². The summed E-state index contributed by atoms with van der Waals surface area (Å²) in [4.78, 5) is 12.5. The van der Waals surface area contributed by atoms with Crippen LogP contribution in [0.2, 0.25) is 10.0 Å². The lowest BCUT2D eigenvalue weighted by Crippen LogP contribution is -2.29. The number of hydrogen-bond donors (Lipinski definition) is 1. The number of carbonyl (C=O) groups is 1. The molecule has 156 valence electrons. The van der Waals surface area contributed by atoms with Crippen LogP contribution in [0.25, 0.3) is 0 Å². The van der Waals surface area contributed by atoms with Gasteiger partial charge < -0.3 is 5.32 Å². The first kappa shape index (κ1) is 22.1. The minimum atomic E-state index is -3.68. The highest BCUT2D eigenvalue weighted by Crippen LogP contribution is 2.26. The van der Waals surface area contributed by atoms with Gasteiger partial charge in [0.05, 0.1) is 28.5 Å². The fourth-order valence-corrected chi connectivity index (χ4v) is 3.91. The van der Waals surface area contributed by atoms with Crippen LogP contribution in [0.1, 0.15) is 15.9 Å². The highest BCUT2D eigenvalue weighted by Gasteiger charge is 2.20. The number of carbonyl (C=O) groups excluding carboxylic acids is 1. The SMILES string of the molecule is CS(=O)(=O)N(Cc1ccccc1F)c1ccc(C(=O)Nc2ccc(Cl)c(Cl)c2)cc1. The number of hydrogen-bond acceptors (Lipinski definition) is 3. The molecule has 30 heavy (non-hydrogen) atoms. The molecule has 0 atom stereocenters. The third-order valence-electron chi connectivity index (χ3n) is 4.27. The van der Waals surface area contributed by atoms with Crippen molar-refractivity contribution < 1.29 is 17.6 Å². The van der Waals surface area contributed by atoms with Crippen molar-refractivity contribution in [1.29, 1.82) is 0 Å². The Balaban J connectivity index is 1.81. The Labute approximate surface area is 184 Å². The third-order valence-corrected chi connectivity index (χ3v) is 6.15. The van der Waals surface area contributed by atoms with E-state index in [1.54, 1.807) is 18.2 Å². The van der Waals surface area contributed by atoms with Gasteiger partial charge >= 0.3 is 0 Å². The second-order valence-electron chi connectivity index (χ2n) is 6.49. The molecule has 1 N–H and O–H groups in total. The molecule has 0 fully saturated rings. The number of nitrogens with zero attached hydrogens (tertiary/aromatic N) is 1. The second-order valence-corrected chi connectivity index (χ2v) is 9.21. The standard InChI is InChI=1S/C21H17Cl2FN2O3S/c1-30(28,29)26(13-15-4-2-3-5-20(15)24)17-9-6-14(7-10-17)21(27)25-16-8-11-18(22)19(23)12-16/h2-12H,13H2,1H3,(H,25,27). The van der Waals surface area contributed by atoms with Gasteiger partial charge in [0.1, 0.15) is 5.82 Å². The number of rotatable bonds is 6. The average Bonchev–Trinajstić information content (AvgIpc) is 2.69. The van der Waals surface area contributed by atoms with Crippen LogP contribution in [0.4, 0.5) is 15.8 Å². The van der Waals surface area contributed by atoms with Crippen molar-refractivity contribution in [2.24, 2.45) is 0 Å². The maximum Gasteiger partial charge on any atom is 0.255 e. The van der Waals surface area contributed by atoms with E-state index in [1.165, 1.54) is 48.5 Å². The molecule has 0 aliphatic carbocycles. The van der Waals surface area contributed by atoms with E-state index in [0.29, 0.717) is 27.0 Å². The van der Waals surface area contributed by atoms with Crippen LogP contribution in [-0.4, -0.2) is 20.6 Å². The van der Waals surface area contributed by atoms with Crippen LogP contribution in [0.3, 0.4) is 0 Å². The maximum absolute atomic E-state index is 14.0. The summed E-state index contributed by atoms with van der Waals surface area (Å²) in [5, 5.41) is 3.37. The number of nitrogens with one attached hydrogen (secondary N) is 1. The summed E-state index contributed by atoms with van der Waals surface area (Å²) >= 11 is 11.8. The lowest BCUT2D eigenvalue weighted by molar-refractivity contribution is 0.102. The molecule has 0 bridgehead atoms. The maximum atomic E-state index is 14.0. The number of sulfonamides is 1. The monoisotopic (exact) mass is 466 g/mol. The lowest BCUT2D eigenvalue weighted by Gasteiger charge is -2.23. The summed E-state index contributed by atoms with van der Waals surface area (Å²) in [6, 6.07) is 16.6. The summed E-state index contributed by atoms with van der Waals surface area (Å²) in [6.45, 7) is -0.166. The first-order valence-electron chi connectivity index (χ1n) is 8.73. The quantitative estimate of drug-likeness (QED) is 0.532. The number of benzene rings is 3. The molecule has 0 spiro atoms. The molecule has 0 saturated heterocycles. The van der Waals surface area contributed by atoms with Crippen molar-refractivity contribution in [1.82, 2.24) is 0 Å². The largest absolute Gasteiger partial charge is 0.322 e. The molecule has 0 aliphatic heterocycles. The molecule has 0 radical (unpaired) electrons. The Kier molecular flexibility index (Phi) is 6.65. The summed E-state index contributed by atoms with van der Waals surface area (Å²) in [5.41, 5.74) is 1.33. The van der Waals surface area contributed by atoms with E-state index in [9.17, 15) is 17.6 Å². The molecule has 0 heterocycles. The van der Waals surface area contributed by atoms with Gasteiger partial charge in [0.25, 0.3) is 5.91 Å². The summed E-state index contributed by atoms with van der Waals surface area (Å²) in [7, 11) is -3.68. The third kappa shape index (κ3) is 5.30. The van der Waals surface area contributed by atoms with Gasteiger partial charge in [-0.25, -0.2) is 12.8 Å². The van der Waals surface area contributed by atoms with Crippen LogP contribution < -0.4 is 9.62 Å².